The fourth-order valence-corrected chi connectivity index (χ4v) is 1.65. The zero-order chi connectivity index (χ0) is 11.9. The van der Waals surface area contributed by atoms with E-state index in [1.165, 1.54) is 13.1 Å². The van der Waals surface area contributed by atoms with E-state index in [1.807, 2.05) is 18.2 Å². The van der Waals surface area contributed by atoms with E-state index < -0.39 is 0 Å². The monoisotopic (exact) mass is 221 g/mol. The number of rotatable bonds is 0. The number of hydrogen-bond donors (Lipinski definition) is 1. The van der Waals surface area contributed by atoms with Crippen molar-refractivity contribution in [3.05, 3.63) is 30.6 Å². The highest BCUT2D eigenvalue weighted by Crippen LogP contribution is 2.12. The van der Waals surface area contributed by atoms with Gasteiger partial charge in [0.15, 0.2) is 0 Å². The number of piperazine rings is 1. The molecule has 0 aliphatic carbocycles. The van der Waals surface area contributed by atoms with E-state index in [9.17, 15) is 0 Å². The maximum absolute atomic E-state index is 3.78. The molecule has 1 fully saturated rings. The number of hydrogen-bond acceptors (Lipinski definition) is 3. The summed E-state index contributed by atoms with van der Waals surface area (Å²) < 4.78 is 0. The summed E-state index contributed by atoms with van der Waals surface area (Å²) in [4.78, 5) is 6.30. The Morgan fingerprint density at radius 2 is 1.56 bits per heavy atom. The van der Waals surface area contributed by atoms with Crippen LogP contribution in [0, 0.1) is 0 Å². The Labute approximate surface area is 98.9 Å². The second kappa shape index (κ2) is 6.61. The molecule has 0 bridgehead atoms. The molecule has 3 heteroatoms. The van der Waals surface area contributed by atoms with Gasteiger partial charge in [-0.1, -0.05) is 6.07 Å². The SMILES string of the molecule is CC(C)(C)N1CCNCC1.c1ccncc1. The van der Waals surface area contributed by atoms with Gasteiger partial charge in [-0.25, -0.2) is 0 Å². The molecule has 16 heavy (non-hydrogen) atoms. The third-order valence-corrected chi connectivity index (χ3v) is 2.63. The first-order chi connectivity index (χ1) is 7.61. The predicted molar refractivity (Wildman–Crippen MR) is 68.4 cm³/mol. The van der Waals surface area contributed by atoms with Crippen molar-refractivity contribution >= 4 is 0 Å². The van der Waals surface area contributed by atoms with E-state index in [0.29, 0.717) is 5.54 Å². The van der Waals surface area contributed by atoms with Gasteiger partial charge in [0.25, 0.3) is 0 Å². The van der Waals surface area contributed by atoms with Crippen LogP contribution in [0.2, 0.25) is 0 Å². The summed E-state index contributed by atoms with van der Waals surface area (Å²) in [7, 11) is 0. The van der Waals surface area contributed by atoms with E-state index in [-0.39, 0.29) is 0 Å². The molecule has 0 amide bonds. The van der Waals surface area contributed by atoms with E-state index in [1.54, 1.807) is 12.4 Å². The Hall–Kier alpha value is -0.930. The lowest BCUT2D eigenvalue weighted by molar-refractivity contribution is 0.119. The summed E-state index contributed by atoms with van der Waals surface area (Å²) in [6.07, 6.45) is 3.50. The first-order valence-electron chi connectivity index (χ1n) is 5.91. The summed E-state index contributed by atoms with van der Waals surface area (Å²) in [6, 6.07) is 5.72. The van der Waals surface area contributed by atoms with Gasteiger partial charge < -0.3 is 5.32 Å². The fraction of sp³-hybridized carbons (Fsp3) is 0.615. The van der Waals surface area contributed by atoms with Gasteiger partial charge in [-0.3, -0.25) is 9.88 Å². The van der Waals surface area contributed by atoms with Crippen molar-refractivity contribution in [1.82, 2.24) is 15.2 Å². The van der Waals surface area contributed by atoms with Crippen LogP contribution in [0.3, 0.4) is 0 Å². The highest BCUT2D eigenvalue weighted by molar-refractivity contribution is 4.88. The predicted octanol–water partition coefficient (Wildman–Crippen LogP) is 1.77. The fourth-order valence-electron chi connectivity index (χ4n) is 1.65. The molecule has 1 aliphatic heterocycles. The lowest BCUT2D eigenvalue weighted by atomic mass is 10.1. The molecule has 2 rings (SSSR count). The van der Waals surface area contributed by atoms with Crippen molar-refractivity contribution < 1.29 is 0 Å². The van der Waals surface area contributed by atoms with Crippen molar-refractivity contribution in [1.29, 1.82) is 0 Å². The van der Waals surface area contributed by atoms with Crippen molar-refractivity contribution in [3.63, 3.8) is 0 Å². The Morgan fingerprint density at radius 1 is 1.00 bits per heavy atom. The molecule has 1 aromatic heterocycles. The molecule has 1 aliphatic rings. The summed E-state index contributed by atoms with van der Waals surface area (Å²) in [5, 5.41) is 3.35. The van der Waals surface area contributed by atoms with Gasteiger partial charge in [0.05, 0.1) is 0 Å². The molecule has 0 spiro atoms. The van der Waals surface area contributed by atoms with Crippen molar-refractivity contribution in [2.24, 2.45) is 0 Å². The van der Waals surface area contributed by atoms with Crippen LogP contribution in [0.1, 0.15) is 20.8 Å². The van der Waals surface area contributed by atoms with Gasteiger partial charge >= 0.3 is 0 Å². The van der Waals surface area contributed by atoms with Gasteiger partial charge in [0, 0.05) is 44.1 Å². The van der Waals surface area contributed by atoms with Crippen LogP contribution >= 0.6 is 0 Å². The molecule has 1 N–H and O–H groups in total. The molecule has 1 saturated heterocycles. The zero-order valence-corrected chi connectivity index (χ0v) is 10.6. The third-order valence-electron chi connectivity index (χ3n) is 2.63. The molecule has 2 heterocycles. The van der Waals surface area contributed by atoms with Gasteiger partial charge in [-0.2, -0.15) is 0 Å². The maximum atomic E-state index is 3.78. The lowest BCUT2D eigenvalue weighted by Crippen LogP contribution is -2.51. The van der Waals surface area contributed by atoms with Crippen LogP contribution in [0.5, 0.6) is 0 Å². The Morgan fingerprint density at radius 3 is 1.81 bits per heavy atom. The maximum Gasteiger partial charge on any atom is 0.0267 e. The standard InChI is InChI=1S/C8H18N2.C5H5N/c1-8(2,3)10-6-4-9-5-7-10;1-2-4-6-5-3-1/h9H,4-7H2,1-3H3;1-5H. The first kappa shape index (κ1) is 13.1. The van der Waals surface area contributed by atoms with Crippen LogP contribution in [0.4, 0.5) is 0 Å². The summed E-state index contributed by atoms with van der Waals surface area (Å²) in [6.45, 7) is 11.5. The van der Waals surface area contributed by atoms with E-state index in [0.717, 1.165) is 13.1 Å². The summed E-state index contributed by atoms with van der Waals surface area (Å²) in [5.74, 6) is 0. The number of pyridine rings is 1. The second-order valence-electron chi connectivity index (χ2n) is 4.93. The van der Waals surface area contributed by atoms with Crippen LogP contribution in [0.15, 0.2) is 30.6 Å². The van der Waals surface area contributed by atoms with Gasteiger partial charge in [-0.15, -0.1) is 0 Å². The molecular formula is C13H23N3. The summed E-state index contributed by atoms with van der Waals surface area (Å²) >= 11 is 0. The van der Waals surface area contributed by atoms with Crippen molar-refractivity contribution in [3.8, 4) is 0 Å². The molecule has 1 aromatic rings. The minimum Gasteiger partial charge on any atom is -0.314 e. The Kier molecular flexibility index (Phi) is 5.43. The summed E-state index contributed by atoms with van der Waals surface area (Å²) in [5.41, 5.74) is 0.363. The zero-order valence-electron chi connectivity index (χ0n) is 10.6. The highest BCUT2D eigenvalue weighted by atomic mass is 15.2. The van der Waals surface area contributed by atoms with Crippen LogP contribution < -0.4 is 5.32 Å². The third kappa shape index (κ3) is 5.24. The molecule has 0 radical (unpaired) electrons. The Balaban J connectivity index is 0.000000181. The minimum atomic E-state index is 0.363. The number of aromatic nitrogens is 1. The molecule has 0 saturated carbocycles. The first-order valence-corrected chi connectivity index (χ1v) is 5.91. The number of nitrogens with zero attached hydrogens (tertiary/aromatic N) is 2. The molecule has 3 nitrogen and oxygen atoms in total. The molecule has 0 aromatic carbocycles. The smallest absolute Gasteiger partial charge is 0.0267 e. The molecule has 0 unspecified atom stereocenters. The quantitative estimate of drug-likeness (QED) is 0.724. The largest absolute Gasteiger partial charge is 0.314 e. The van der Waals surface area contributed by atoms with Crippen molar-refractivity contribution in [2.45, 2.75) is 26.3 Å². The molecular weight excluding hydrogens is 198 g/mol. The average Bonchev–Trinajstić information content (AvgIpc) is 2.32. The van der Waals surface area contributed by atoms with Gasteiger partial charge in [-0.05, 0) is 32.9 Å². The van der Waals surface area contributed by atoms with E-state index in [2.05, 4.69) is 36.0 Å². The topological polar surface area (TPSA) is 28.2 Å². The van der Waals surface area contributed by atoms with Crippen molar-refractivity contribution in [2.75, 3.05) is 26.2 Å². The number of nitrogens with one attached hydrogen (secondary N) is 1. The normalized spacial score (nSPS) is 17.4. The lowest BCUT2D eigenvalue weighted by Gasteiger charge is -2.38. The average molecular weight is 221 g/mol. The van der Waals surface area contributed by atoms with Crippen LogP contribution in [-0.2, 0) is 0 Å². The second-order valence-corrected chi connectivity index (χ2v) is 4.93. The van der Waals surface area contributed by atoms with E-state index in [4.69, 9.17) is 0 Å². The van der Waals surface area contributed by atoms with Gasteiger partial charge in [0.2, 0.25) is 0 Å². The van der Waals surface area contributed by atoms with Gasteiger partial charge in [0.1, 0.15) is 0 Å². The molecule has 0 atom stereocenters. The molecule has 90 valence electrons. The minimum absolute atomic E-state index is 0.363. The van der Waals surface area contributed by atoms with E-state index >= 15 is 0 Å². The van der Waals surface area contributed by atoms with Crippen LogP contribution in [0.25, 0.3) is 0 Å². The Bertz CT molecular complexity index is 234. The highest BCUT2D eigenvalue weighted by Gasteiger charge is 2.21. The van der Waals surface area contributed by atoms with Crippen LogP contribution in [-0.4, -0.2) is 41.6 Å².